The van der Waals surface area contributed by atoms with Crippen LogP contribution in [0.25, 0.3) is 0 Å². The van der Waals surface area contributed by atoms with Crippen LogP contribution in [0.5, 0.6) is 0 Å². The van der Waals surface area contributed by atoms with Crippen molar-refractivity contribution in [2.45, 2.75) is 13.0 Å². The molecule has 0 bridgehead atoms. The van der Waals surface area contributed by atoms with Crippen LogP contribution in [-0.4, -0.2) is 23.2 Å². The van der Waals surface area contributed by atoms with Crippen LogP contribution in [0.4, 0.5) is 5.82 Å². The number of aliphatic hydroxyl groups excluding tert-OH is 1. The summed E-state index contributed by atoms with van der Waals surface area (Å²) in [5, 5.41) is 26.5. The molecule has 0 fully saturated rings. The van der Waals surface area contributed by atoms with E-state index in [9.17, 15) is 5.11 Å². The second-order valence-corrected chi connectivity index (χ2v) is 3.30. The van der Waals surface area contributed by atoms with E-state index in [1.54, 1.807) is 30.2 Å². The van der Waals surface area contributed by atoms with Gasteiger partial charge in [-0.25, -0.2) is 4.98 Å². The van der Waals surface area contributed by atoms with Crippen LogP contribution < -0.4 is 4.90 Å². The zero-order valence-electron chi connectivity index (χ0n) is 8.96. The Morgan fingerprint density at radius 1 is 1.38 bits per heavy atom. The summed E-state index contributed by atoms with van der Waals surface area (Å²) >= 11 is 0. The van der Waals surface area contributed by atoms with E-state index in [1.165, 1.54) is 0 Å². The Balaban J connectivity index is 2.86. The summed E-state index contributed by atoms with van der Waals surface area (Å²) in [4.78, 5) is 5.66. The van der Waals surface area contributed by atoms with E-state index in [1.807, 2.05) is 12.1 Å². The van der Waals surface area contributed by atoms with Crippen molar-refractivity contribution in [2.24, 2.45) is 0 Å². The molecule has 0 aliphatic heterocycles. The summed E-state index contributed by atoms with van der Waals surface area (Å²) in [6, 6.07) is 7.37. The smallest absolute Gasteiger partial charge is 0.130 e. The molecular weight excluding hydrogens is 204 g/mol. The molecule has 1 atom stereocenters. The maximum absolute atomic E-state index is 9.30. The van der Waals surface area contributed by atoms with Gasteiger partial charge in [0.2, 0.25) is 0 Å². The topological polar surface area (TPSA) is 83.9 Å². The lowest BCUT2D eigenvalue weighted by Gasteiger charge is -2.17. The first-order valence-electron chi connectivity index (χ1n) is 4.82. The molecule has 0 amide bonds. The lowest BCUT2D eigenvalue weighted by Crippen LogP contribution is -2.24. The number of rotatable bonds is 4. The number of aliphatic hydroxyl groups is 1. The van der Waals surface area contributed by atoms with Crippen LogP contribution >= 0.6 is 0 Å². The Hall–Kier alpha value is -2.11. The number of hydrogen-bond acceptors (Lipinski definition) is 5. The van der Waals surface area contributed by atoms with Crippen molar-refractivity contribution in [1.82, 2.24) is 4.98 Å². The molecule has 1 aromatic heterocycles. The Kier molecular flexibility index (Phi) is 4.26. The fraction of sp³-hybridized carbons (Fsp3) is 0.364. The van der Waals surface area contributed by atoms with Gasteiger partial charge in [0.1, 0.15) is 18.9 Å². The van der Waals surface area contributed by atoms with Gasteiger partial charge in [0.25, 0.3) is 0 Å². The summed E-state index contributed by atoms with van der Waals surface area (Å²) in [5.74, 6) is 0.563. The third kappa shape index (κ3) is 2.94. The van der Waals surface area contributed by atoms with Crippen LogP contribution in [0.3, 0.4) is 0 Å². The van der Waals surface area contributed by atoms with E-state index < -0.39 is 6.10 Å². The van der Waals surface area contributed by atoms with Crippen molar-refractivity contribution >= 4 is 5.82 Å². The van der Waals surface area contributed by atoms with Gasteiger partial charge in [-0.3, -0.25) is 0 Å². The number of pyridine rings is 1. The van der Waals surface area contributed by atoms with Crippen molar-refractivity contribution in [2.75, 3.05) is 18.0 Å². The summed E-state index contributed by atoms with van der Waals surface area (Å²) < 4.78 is 0. The summed E-state index contributed by atoms with van der Waals surface area (Å²) in [7, 11) is 0. The first-order chi connectivity index (χ1) is 7.69. The third-order valence-corrected chi connectivity index (χ3v) is 2.10. The van der Waals surface area contributed by atoms with E-state index in [0.717, 1.165) is 0 Å². The minimum absolute atomic E-state index is 0.120. The summed E-state index contributed by atoms with van der Waals surface area (Å²) in [6.07, 6.45) is 0.976. The Labute approximate surface area is 94.2 Å². The molecule has 0 aromatic carbocycles. The minimum atomic E-state index is -0.568. The van der Waals surface area contributed by atoms with E-state index in [4.69, 9.17) is 10.5 Å². The monoisotopic (exact) mass is 216 g/mol. The lowest BCUT2D eigenvalue weighted by atomic mass is 10.2. The molecule has 16 heavy (non-hydrogen) atoms. The highest BCUT2D eigenvalue weighted by atomic mass is 16.3. The maximum Gasteiger partial charge on any atom is 0.130 e. The number of nitrogens with zero attached hydrogens (tertiary/aromatic N) is 4. The average molecular weight is 216 g/mol. The molecule has 82 valence electrons. The third-order valence-electron chi connectivity index (χ3n) is 2.10. The van der Waals surface area contributed by atoms with Crippen LogP contribution in [0.15, 0.2) is 18.3 Å². The fourth-order valence-corrected chi connectivity index (χ4v) is 1.22. The molecule has 0 unspecified atom stereocenters. The molecule has 0 aliphatic carbocycles. The number of anilines is 1. The van der Waals surface area contributed by atoms with Crippen LogP contribution in [-0.2, 0) is 0 Å². The van der Waals surface area contributed by atoms with Crippen molar-refractivity contribution < 1.29 is 5.11 Å². The van der Waals surface area contributed by atoms with E-state index in [2.05, 4.69) is 4.98 Å². The molecule has 1 heterocycles. The quantitative estimate of drug-likeness (QED) is 0.758. The minimum Gasteiger partial charge on any atom is -0.389 e. The zero-order valence-corrected chi connectivity index (χ0v) is 8.96. The first-order valence-corrected chi connectivity index (χ1v) is 4.82. The molecule has 5 heteroatoms. The zero-order chi connectivity index (χ0) is 12.0. The Morgan fingerprint density at radius 2 is 2.00 bits per heavy atom. The SMILES string of the molecule is C[C@H](O)c1ccc(N(CC#N)CC#N)nc1. The van der Waals surface area contributed by atoms with Crippen LogP contribution in [0.1, 0.15) is 18.6 Å². The normalized spacial score (nSPS) is 11.2. The van der Waals surface area contributed by atoms with Crippen LogP contribution in [0.2, 0.25) is 0 Å². The largest absolute Gasteiger partial charge is 0.389 e. The Morgan fingerprint density at radius 3 is 2.38 bits per heavy atom. The fourth-order valence-electron chi connectivity index (χ4n) is 1.22. The highest BCUT2D eigenvalue weighted by molar-refractivity contribution is 5.41. The molecule has 1 aromatic rings. The van der Waals surface area contributed by atoms with Crippen molar-refractivity contribution in [3.63, 3.8) is 0 Å². The van der Waals surface area contributed by atoms with Gasteiger partial charge in [0.15, 0.2) is 0 Å². The number of hydrogen-bond donors (Lipinski definition) is 1. The van der Waals surface area contributed by atoms with Crippen molar-refractivity contribution in [3.05, 3.63) is 23.9 Å². The second kappa shape index (κ2) is 5.69. The summed E-state index contributed by atoms with van der Waals surface area (Å²) in [6.45, 7) is 1.89. The summed E-state index contributed by atoms with van der Waals surface area (Å²) in [5.41, 5.74) is 0.706. The van der Waals surface area contributed by atoms with Gasteiger partial charge in [-0.2, -0.15) is 10.5 Å². The second-order valence-electron chi connectivity index (χ2n) is 3.30. The van der Waals surface area contributed by atoms with E-state index in [0.29, 0.717) is 11.4 Å². The first kappa shape index (κ1) is 12.0. The number of nitriles is 2. The number of aromatic nitrogens is 1. The van der Waals surface area contributed by atoms with Gasteiger partial charge in [0.05, 0.1) is 18.2 Å². The average Bonchev–Trinajstić information content (AvgIpc) is 2.29. The predicted octanol–water partition coefficient (Wildman–Crippen LogP) is 0.988. The molecular formula is C11H12N4O. The molecule has 0 spiro atoms. The van der Waals surface area contributed by atoms with Crippen molar-refractivity contribution in [3.8, 4) is 12.1 Å². The molecule has 0 aliphatic rings. The molecule has 0 saturated heterocycles. The van der Waals surface area contributed by atoms with Gasteiger partial charge >= 0.3 is 0 Å². The molecule has 5 nitrogen and oxygen atoms in total. The van der Waals surface area contributed by atoms with Gasteiger partial charge < -0.3 is 10.0 Å². The van der Waals surface area contributed by atoms with Crippen LogP contribution in [0, 0.1) is 22.7 Å². The molecule has 1 N–H and O–H groups in total. The van der Waals surface area contributed by atoms with E-state index in [-0.39, 0.29) is 13.1 Å². The van der Waals surface area contributed by atoms with Gasteiger partial charge in [-0.05, 0) is 18.6 Å². The Bertz CT molecular complexity index is 397. The van der Waals surface area contributed by atoms with E-state index >= 15 is 0 Å². The lowest BCUT2D eigenvalue weighted by molar-refractivity contribution is 0.199. The maximum atomic E-state index is 9.30. The molecule has 0 saturated carbocycles. The van der Waals surface area contributed by atoms with Gasteiger partial charge in [-0.15, -0.1) is 0 Å². The standard InChI is InChI=1S/C11H12N4O/c1-9(16)10-2-3-11(14-8-10)15(6-4-12)7-5-13/h2-3,8-9,16H,6-7H2,1H3/t9-/m0/s1. The predicted molar refractivity (Wildman–Crippen MR) is 58.3 cm³/mol. The highest BCUT2D eigenvalue weighted by Crippen LogP contribution is 2.15. The van der Waals surface area contributed by atoms with Gasteiger partial charge in [-0.1, -0.05) is 6.07 Å². The van der Waals surface area contributed by atoms with Gasteiger partial charge in [0, 0.05) is 6.20 Å². The molecule has 1 rings (SSSR count). The molecule has 0 radical (unpaired) electrons. The van der Waals surface area contributed by atoms with Crippen molar-refractivity contribution in [1.29, 1.82) is 10.5 Å². The highest BCUT2D eigenvalue weighted by Gasteiger charge is 2.07.